The fourth-order valence-corrected chi connectivity index (χ4v) is 2.79. The van der Waals surface area contributed by atoms with Gasteiger partial charge in [0.1, 0.15) is 5.02 Å². The van der Waals surface area contributed by atoms with Gasteiger partial charge in [0.2, 0.25) is 5.95 Å². The molecule has 0 fully saturated rings. The number of benzene rings is 1. The molecule has 2 aromatic rings. The molecule has 0 radical (unpaired) electrons. The smallest absolute Gasteiger partial charge is 0.224 e. The Morgan fingerprint density at radius 3 is 2.62 bits per heavy atom. The van der Waals surface area contributed by atoms with Crippen LogP contribution in [0.1, 0.15) is 24.5 Å². The zero-order valence-corrected chi connectivity index (χ0v) is 12.8. The molecule has 2 N–H and O–H groups in total. The third kappa shape index (κ3) is 3.27. The summed E-state index contributed by atoms with van der Waals surface area (Å²) < 4.78 is 0. The summed E-state index contributed by atoms with van der Waals surface area (Å²) in [5.41, 5.74) is 2.81. The molecule has 110 valence electrons. The number of nitrogens with zero attached hydrogens (tertiary/aromatic N) is 2. The Labute approximate surface area is 130 Å². The Morgan fingerprint density at radius 1 is 1.24 bits per heavy atom. The highest BCUT2D eigenvalue weighted by atomic mass is 35.5. The van der Waals surface area contributed by atoms with Gasteiger partial charge >= 0.3 is 0 Å². The Kier molecular flexibility index (Phi) is 4.25. The largest absolute Gasteiger partial charge is 0.365 e. The lowest BCUT2D eigenvalue weighted by Gasteiger charge is -2.14. The Hall–Kier alpha value is -1.81. The van der Waals surface area contributed by atoms with Crippen LogP contribution in [0.2, 0.25) is 5.02 Å². The summed E-state index contributed by atoms with van der Waals surface area (Å²) in [6.45, 7) is 2.97. The van der Waals surface area contributed by atoms with Gasteiger partial charge in [-0.25, -0.2) is 4.98 Å². The fraction of sp³-hybridized carbons (Fsp3) is 0.375. The minimum absolute atomic E-state index is 0.342. The van der Waals surface area contributed by atoms with Crippen LogP contribution < -0.4 is 10.6 Å². The van der Waals surface area contributed by atoms with Crippen molar-refractivity contribution in [3.63, 3.8) is 0 Å². The molecule has 0 aliphatic heterocycles. The van der Waals surface area contributed by atoms with Gasteiger partial charge in [0.05, 0.1) is 6.20 Å². The standard InChI is InChI=1S/C16H19ClN4/c1-2-7-18-16-19-10-14(17)15(21-16)20-13-8-11-5-3-4-6-12(11)9-13/h3-6,10,13H,2,7-9H2,1H3,(H2,18,19,20,21). The van der Waals surface area contributed by atoms with Crippen LogP contribution in [0, 0.1) is 0 Å². The average Bonchev–Trinajstić information content (AvgIpc) is 2.90. The van der Waals surface area contributed by atoms with Crippen LogP contribution in [0.15, 0.2) is 30.5 Å². The van der Waals surface area contributed by atoms with Crippen LogP contribution in [-0.2, 0) is 12.8 Å². The molecule has 5 heteroatoms. The van der Waals surface area contributed by atoms with Gasteiger partial charge in [-0.3, -0.25) is 0 Å². The van der Waals surface area contributed by atoms with Crippen molar-refractivity contribution in [1.82, 2.24) is 9.97 Å². The lowest BCUT2D eigenvalue weighted by atomic mass is 10.1. The van der Waals surface area contributed by atoms with Crippen LogP contribution in [0.25, 0.3) is 0 Å². The van der Waals surface area contributed by atoms with E-state index in [1.165, 1.54) is 11.1 Å². The third-order valence-electron chi connectivity index (χ3n) is 3.67. The van der Waals surface area contributed by atoms with Gasteiger partial charge in [0.25, 0.3) is 0 Å². The number of halogens is 1. The van der Waals surface area contributed by atoms with E-state index >= 15 is 0 Å². The highest BCUT2D eigenvalue weighted by Gasteiger charge is 2.22. The van der Waals surface area contributed by atoms with E-state index in [0.29, 0.717) is 22.8 Å². The Morgan fingerprint density at radius 2 is 1.95 bits per heavy atom. The molecule has 21 heavy (non-hydrogen) atoms. The first-order chi connectivity index (χ1) is 10.3. The molecule has 0 bridgehead atoms. The van der Waals surface area contributed by atoms with Crippen LogP contribution in [0.5, 0.6) is 0 Å². The molecular weight excluding hydrogens is 284 g/mol. The van der Waals surface area contributed by atoms with Crippen molar-refractivity contribution < 1.29 is 0 Å². The predicted octanol–water partition coefficient (Wildman–Crippen LogP) is 3.53. The molecule has 0 saturated carbocycles. The summed E-state index contributed by atoms with van der Waals surface area (Å²) in [6.07, 6.45) is 4.70. The van der Waals surface area contributed by atoms with Crippen LogP contribution >= 0.6 is 11.6 Å². The van der Waals surface area contributed by atoms with E-state index in [-0.39, 0.29) is 0 Å². The van der Waals surface area contributed by atoms with E-state index in [1.807, 2.05) is 0 Å². The molecule has 4 nitrogen and oxygen atoms in total. The maximum Gasteiger partial charge on any atom is 0.224 e. The van der Waals surface area contributed by atoms with Gasteiger partial charge in [-0.05, 0) is 30.4 Å². The highest BCUT2D eigenvalue weighted by Crippen LogP contribution is 2.26. The van der Waals surface area contributed by atoms with E-state index < -0.39 is 0 Å². The molecule has 1 heterocycles. The summed E-state index contributed by atoms with van der Waals surface area (Å²) in [6, 6.07) is 8.89. The van der Waals surface area contributed by atoms with E-state index in [2.05, 4.69) is 51.8 Å². The minimum atomic E-state index is 0.342. The fourth-order valence-electron chi connectivity index (χ4n) is 2.64. The molecule has 1 aliphatic rings. The van der Waals surface area contributed by atoms with Gasteiger partial charge in [0.15, 0.2) is 5.82 Å². The zero-order chi connectivity index (χ0) is 14.7. The van der Waals surface area contributed by atoms with Crippen molar-refractivity contribution in [3.8, 4) is 0 Å². The second-order valence-corrected chi connectivity index (χ2v) is 5.74. The van der Waals surface area contributed by atoms with Gasteiger partial charge in [0, 0.05) is 12.6 Å². The molecule has 0 unspecified atom stereocenters. The van der Waals surface area contributed by atoms with Crippen LogP contribution in [0.4, 0.5) is 11.8 Å². The van der Waals surface area contributed by atoms with Crippen molar-refractivity contribution in [2.75, 3.05) is 17.2 Å². The number of hydrogen-bond acceptors (Lipinski definition) is 4. The zero-order valence-electron chi connectivity index (χ0n) is 12.1. The first kappa shape index (κ1) is 14.1. The SMILES string of the molecule is CCCNc1ncc(Cl)c(NC2Cc3ccccc3C2)n1. The van der Waals surface area contributed by atoms with E-state index in [1.54, 1.807) is 6.20 Å². The molecule has 0 amide bonds. The normalized spacial score (nSPS) is 14.0. The van der Waals surface area contributed by atoms with Gasteiger partial charge in [-0.15, -0.1) is 0 Å². The number of aromatic nitrogens is 2. The molecule has 1 aromatic carbocycles. The quantitative estimate of drug-likeness (QED) is 0.887. The Balaban J connectivity index is 1.71. The maximum atomic E-state index is 6.20. The van der Waals surface area contributed by atoms with Gasteiger partial charge in [-0.2, -0.15) is 4.98 Å². The third-order valence-corrected chi connectivity index (χ3v) is 3.95. The molecular formula is C16H19ClN4. The van der Waals surface area contributed by atoms with Crippen molar-refractivity contribution in [1.29, 1.82) is 0 Å². The molecule has 0 saturated heterocycles. The molecule has 1 aliphatic carbocycles. The lowest BCUT2D eigenvalue weighted by molar-refractivity contribution is 0.768. The van der Waals surface area contributed by atoms with Crippen molar-refractivity contribution in [2.45, 2.75) is 32.2 Å². The summed E-state index contributed by atoms with van der Waals surface area (Å²) in [7, 11) is 0. The summed E-state index contributed by atoms with van der Waals surface area (Å²) in [4.78, 5) is 8.67. The molecule has 0 atom stereocenters. The van der Waals surface area contributed by atoms with Gasteiger partial charge < -0.3 is 10.6 Å². The molecule has 0 spiro atoms. The van der Waals surface area contributed by atoms with E-state index in [4.69, 9.17) is 11.6 Å². The summed E-state index contributed by atoms with van der Waals surface area (Å²) in [5, 5.41) is 7.20. The highest BCUT2D eigenvalue weighted by molar-refractivity contribution is 6.32. The first-order valence-electron chi connectivity index (χ1n) is 7.36. The minimum Gasteiger partial charge on any atom is -0.365 e. The second kappa shape index (κ2) is 6.31. The van der Waals surface area contributed by atoms with E-state index in [9.17, 15) is 0 Å². The van der Waals surface area contributed by atoms with Crippen LogP contribution in [0.3, 0.4) is 0 Å². The predicted molar refractivity (Wildman–Crippen MR) is 87.1 cm³/mol. The maximum absolute atomic E-state index is 6.20. The number of rotatable bonds is 5. The number of fused-ring (bicyclic) bond motifs is 1. The van der Waals surface area contributed by atoms with Crippen molar-refractivity contribution in [2.24, 2.45) is 0 Å². The summed E-state index contributed by atoms with van der Waals surface area (Å²) >= 11 is 6.20. The molecule has 1 aromatic heterocycles. The monoisotopic (exact) mass is 302 g/mol. The first-order valence-corrected chi connectivity index (χ1v) is 7.73. The molecule has 3 rings (SSSR count). The number of hydrogen-bond donors (Lipinski definition) is 2. The number of anilines is 2. The summed E-state index contributed by atoms with van der Waals surface area (Å²) in [5.74, 6) is 1.34. The second-order valence-electron chi connectivity index (χ2n) is 5.34. The topological polar surface area (TPSA) is 49.8 Å². The van der Waals surface area contributed by atoms with Gasteiger partial charge in [-0.1, -0.05) is 42.8 Å². The lowest BCUT2D eigenvalue weighted by Crippen LogP contribution is -2.21. The van der Waals surface area contributed by atoms with Crippen molar-refractivity contribution in [3.05, 3.63) is 46.6 Å². The Bertz CT molecular complexity index is 604. The van der Waals surface area contributed by atoms with Crippen molar-refractivity contribution >= 4 is 23.4 Å². The number of nitrogens with one attached hydrogen (secondary N) is 2. The van der Waals surface area contributed by atoms with Crippen LogP contribution in [-0.4, -0.2) is 22.6 Å². The van der Waals surface area contributed by atoms with E-state index in [0.717, 1.165) is 25.8 Å². The average molecular weight is 303 g/mol.